The molecule has 0 unspecified atom stereocenters. The summed E-state index contributed by atoms with van der Waals surface area (Å²) in [6.07, 6.45) is 1.74. The molecule has 0 bridgehead atoms. The highest BCUT2D eigenvalue weighted by atomic mass is 16.3. The average molecular weight is 254 g/mol. The van der Waals surface area contributed by atoms with Crippen molar-refractivity contribution >= 4 is 21.7 Å². The molecule has 0 aliphatic heterocycles. The second kappa shape index (κ2) is 3.82. The van der Waals surface area contributed by atoms with E-state index in [-0.39, 0.29) is 11.3 Å². The maximum atomic E-state index is 12.4. The molecule has 0 amide bonds. The van der Waals surface area contributed by atoms with Crippen molar-refractivity contribution in [3.8, 4) is 5.75 Å². The minimum Gasteiger partial charge on any atom is -0.508 e. The largest absolute Gasteiger partial charge is 0.508 e. The van der Waals surface area contributed by atoms with Crippen molar-refractivity contribution in [2.75, 3.05) is 0 Å². The predicted molar refractivity (Wildman–Crippen MR) is 75.6 cm³/mol. The number of pyridine rings is 2. The molecule has 1 N–H and O–H groups in total. The molecule has 0 saturated carbocycles. The van der Waals surface area contributed by atoms with E-state index >= 15 is 0 Å². The third-order valence-electron chi connectivity index (χ3n) is 3.60. The highest BCUT2D eigenvalue weighted by Gasteiger charge is 2.12. The fourth-order valence-electron chi connectivity index (χ4n) is 2.58. The van der Waals surface area contributed by atoms with Crippen LogP contribution in [0.3, 0.4) is 0 Å². The Kier molecular flexibility index (Phi) is 2.35. The lowest BCUT2D eigenvalue weighted by atomic mass is 10.0. The summed E-state index contributed by atoms with van der Waals surface area (Å²) in [4.78, 5) is 16.6. The number of aryl methyl sites for hydroxylation is 3. The van der Waals surface area contributed by atoms with Crippen molar-refractivity contribution in [3.63, 3.8) is 0 Å². The van der Waals surface area contributed by atoms with Gasteiger partial charge in [-0.3, -0.25) is 9.78 Å². The summed E-state index contributed by atoms with van der Waals surface area (Å²) in [6, 6.07) is 5.30. The highest BCUT2D eigenvalue weighted by molar-refractivity contribution is 6.06. The zero-order valence-electron chi connectivity index (χ0n) is 11.1. The molecule has 3 rings (SSSR count). The van der Waals surface area contributed by atoms with Crippen LogP contribution in [-0.2, 0) is 7.05 Å². The molecule has 0 atom stereocenters. The molecular formula is C15H14N2O2. The quantitative estimate of drug-likeness (QED) is 0.627. The van der Waals surface area contributed by atoms with Gasteiger partial charge in [-0.15, -0.1) is 0 Å². The lowest BCUT2D eigenvalue weighted by molar-refractivity contribution is 0.472. The number of aromatic hydroxyl groups is 1. The summed E-state index contributed by atoms with van der Waals surface area (Å²) in [6.45, 7) is 3.72. The van der Waals surface area contributed by atoms with E-state index in [0.717, 1.165) is 27.5 Å². The van der Waals surface area contributed by atoms with E-state index in [4.69, 9.17) is 0 Å². The minimum absolute atomic E-state index is 0.117. The Hall–Kier alpha value is -2.36. The second-order valence-electron chi connectivity index (χ2n) is 4.84. The van der Waals surface area contributed by atoms with Gasteiger partial charge in [0, 0.05) is 18.6 Å². The number of nitrogens with zero attached hydrogens (tertiary/aromatic N) is 2. The number of phenolic OH excluding ortho intramolecular Hbond substituents is 1. The van der Waals surface area contributed by atoms with Crippen LogP contribution in [0.4, 0.5) is 0 Å². The topological polar surface area (TPSA) is 55.1 Å². The van der Waals surface area contributed by atoms with Crippen molar-refractivity contribution in [2.45, 2.75) is 13.8 Å². The van der Waals surface area contributed by atoms with Gasteiger partial charge in [0.1, 0.15) is 5.75 Å². The standard InChI is InChI=1S/C15H14N2O2/c1-8-6-11-10-4-5-16-9(2)14(10)17(3)15(19)12(11)7-13(8)18/h4-7,18H,1-3H3. The van der Waals surface area contributed by atoms with E-state index in [9.17, 15) is 9.90 Å². The molecule has 0 aliphatic rings. The number of benzene rings is 1. The number of rotatable bonds is 0. The average Bonchev–Trinajstić information content (AvgIpc) is 2.38. The molecule has 0 aliphatic carbocycles. The molecule has 0 fully saturated rings. The van der Waals surface area contributed by atoms with Gasteiger partial charge >= 0.3 is 0 Å². The molecule has 3 aromatic rings. The van der Waals surface area contributed by atoms with E-state index in [0.29, 0.717) is 5.39 Å². The molecule has 2 heterocycles. The smallest absolute Gasteiger partial charge is 0.258 e. The number of fused-ring (bicyclic) bond motifs is 3. The third kappa shape index (κ3) is 1.53. The first-order chi connectivity index (χ1) is 9.00. The summed E-state index contributed by atoms with van der Waals surface area (Å²) in [5, 5.41) is 12.2. The summed E-state index contributed by atoms with van der Waals surface area (Å²) in [7, 11) is 1.73. The lowest BCUT2D eigenvalue weighted by Gasteiger charge is -2.11. The number of phenols is 1. The van der Waals surface area contributed by atoms with Crippen LogP contribution in [0.2, 0.25) is 0 Å². The maximum Gasteiger partial charge on any atom is 0.258 e. The van der Waals surface area contributed by atoms with Crippen LogP contribution in [0.15, 0.2) is 29.2 Å². The Bertz CT molecular complexity index is 879. The van der Waals surface area contributed by atoms with Crippen LogP contribution in [-0.4, -0.2) is 14.7 Å². The van der Waals surface area contributed by atoms with Crippen molar-refractivity contribution in [1.29, 1.82) is 0 Å². The summed E-state index contributed by atoms with van der Waals surface area (Å²) < 4.78 is 1.59. The van der Waals surface area contributed by atoms with Crippen LogP contribution in [0.5, 0.6) is 5.75 Å². The predicted octanol–water partition coefficient (Wildman–Crippen LogP) is 2.41. The van der Waals surface area contributed by atoms with E-state index in [1.54, 1.807) is 23.9 Å². The lowest BCUT2D eigenvalue weighted by Crippen LogP contribution is -2.18. The van der Waals surface area contributed by atoms with Gasteiger partial charge in [0.2, 0.25) is 0 Å². The van der Waals surface area contributed by atoms with Crippen LogP contribution in [0.1, 0.15) is 11.3 Å². The van der Waals surface area contributed by atoms with Gasteiger partial charge in [0.15, 0.2) is 0 Å². The summed E-state index contributed by atoms with van der Waals surface area (Å²) in [5.74, 6) is 0.148. The Morgan fingerprint density at radius 1 is 1.16 bits per heavy atom. The van der Waals surface area contributed by atoms with Crippen LogP contribution < -0.4 is 5.56 Å². The zero-order valence-corrected chi connectivity index (χ0v) is 11.1. The van der Waals surface area contributed by atoms with Crippen LogP contribution >= 0.6 is 0 Å². The molecule has 1 aromatic carbocycles. The molecule has 19 heavy (non-hydrogen) atoms. The van der Waals surface area contributed by atoms with Crippen LogP contribution in [0, 0.1) is 13.8 Å². The van der Waals surface area contributed by atoms with Crippen molar-refractivity contribution < 1.29 is 5.11 Å². The summed E-state index contributed by atoms with van der Waals surface area (Å²) in [5.41, 5.74) is 2.31. The molecule has 2 aromatic heterocycles. The Morgan fingerprint density at radius 2 is 1.89 bits per heavy atom. The Morgan fingerprint density at radius 3 is 2.63 bits per heavy atom. The monoisotopic (exact) mass is 254 g/mol. The van der Waals surface area contributed by atoms with Gasteiger partial charge in [0.05, 0.1) is 16.6 Å². The van der Waals surface area contributed by atoms with Crippen molar-refractivity contribution in [3.05, 3.63) is 46.0 Å². The normalized spacial score (nSPS) is 11.3. The molecule has 4 nitrogen and oxygen atoms in total. The van der Waals surface area contributed by atoms with E-state index in [1.807, 2.05) is 26.0 Å². The first kappa shape index (κ1) is 11.7. The van der Waals surface area contributed by atoms with Gasteiger partial charge in [0.25, 0.3) is 5.56 Å². The van der Waals surface area contributed by atoms with E-state index in [2.05, 4.69) is 4.98 Å². The summed E-state index contributed by atoms with van der Waals surface area (Å²) >= 11 is 0. The van der Waals surface area contributed by atoms with Gasteiger partial charge in [-0.25, -0.2) is 0 Å². The number of hydrogen-bond acceptors (Lipinski definition) is 3. The van der Waals surface area contributed by atoms with E-state index in [1.165, 1.54) is 0 Å². The fourth-order valence-corrected chi connectivity index (χ4v) is 2.58. The maximum absolute atomic E-state index is 12.4. The second-order valence-corrected chi connectivity index (χ2v) is 4.84. The molecule has 0 radical (unpaired) electrons. The van der Waals surface area contributed by atoms with Crippen molar-refractivity contribution in [2.24, 2.45) is 7.05 Å². The Balaban J connectivity index is 2.72. The van der Waals surface area contributed by atoms with Gasteiger partial charge < -0.3 is 9.67 Å². The Labute approximate surface area is 109 Å². The van der Waals surface area contributed by atoms with E-state index < -0.39 is 0 Å². The fraction of sp³-hybridized carbons (Fsp3) is 0.200. The van der Waals surface area contributed by atoms with Crippen LogP contribution in [0.25, 0.3) is 21.7 Å². The molecule has 96 valence electrons. The molecular weight excluding hydrogens is 240 g/mol. The SMILES string of the molecule is Cc1cc2c(cc1O)c(=O)n(C)c1c(C)nccc21. The highest BCUT2D eigenvalue weighted by Crippen LogP contribution is 2.28. The number of aromatic nitrogens is 2. The van der Waals surface area contributed by atoms with Gasteiger partial charge in [-0.1, -0.05) is 0 Å². The third-order valence-corrected chi connectivity index (χ3v) is 3.60. The number of hydrogen-bond donors (Lipinski definition) is 1. The molecule has 0 saturated heterocycles. The minimum atomic E-state index is -0.117. The first-order valence-electron chi connectivity index (χ1n) is 6.08. The molecule has 4 heteroatoms. The van der Waals surface area contributed by atoms with Gasteiger partial charge in [-0.05, 0) is 43.0 Å². The zero-order chi connectivity index (χ0) is 13.7. The first-order valence-corrected chi connectivity index (χ1v) is 6.08. The van der Waals surface area contributed by atoms with Gasteiger partial charge in [-0.2, -0.15) is 0 Å². The molecule has 0 spiro atoms. The van der Waals surface area contributed by atoms with Crippen molar-refractivity contribution in [1.82, 2.24) is 9.55 Å².